The molecule has 4 rings (SSSR count). The van der Waals surface area contributed by atoms with E-state index < -0.39 is 27.7 Å². The number of aryl methyl sites for hydroxylation is 1. The second-order valence-electron chi connectivity index (χ2n) is 5.13. The minimum absolute atomic E-state index is 0.0508. The van der Waals surface area contributed by atoms with Crippen LogP contribution in [-0.2, 0) is 16.1 Å². The number of aromatic nitrogens is 2. The lowest BCUT2D eigenvalue weighted by molar-refractivity contribution is -0.153. The maximum absolute atomic E-state index is 12.4. The first-order valence-electron chi connectivity index (χ1n) is 6.44. The molecule has 3 atom stereocenters. The van der Waals surface area contributed by atoms with Crippen molar-refractivity contribution in [2.24, 2.45) is 0 Å². The van der Waals surface area contributed by atoms with E-state index >= 15 is 0 Å². The van der Waals surface area contributed by atoms with Gasteiger partial charge in [-0.1, -0.05) is 27.7 Å². The largest absolute Gasteiger partial charge is 0.477 e. The number of hydrogen-bond acceptors (Lipinski definition) is 6. The Labute approximate surface area is 141 Å². The molecule has 2 N–H and O–H groups in total. The number of aliphatic hydroxyl groups is 1. The molecule has 1 saturated heterocycles. The number of β-lactam (4-membered cyclic amide) rings is 1. The molecular formula is C12H10BrN3O4S2. The van der Waals surface area contributed by atoms with Gasteiger partial charge in [-0.05, 0) is 0 Å². The Hall–Kier alpha value is -0.970. The van der Waals surface area contributed by atoms with E-state index in [-0.39, 0.29) is 5.70 Å². The summed E-state index contributed by atoms with van der Waals surface area (Å²) in [5, 5.41) is 21.5. The van der Waals surface area contributed by atoms with Crippen molar-refractivity contribution < 1.29 is 19.8 Å². The molecule has 4 heterocycles. The molecule has 7 nitrogen and oxygen atoms in total. The molecule has 116 valence electrons. The van der Waals surface area contributed by atoms with Gasteiger partial charge in [-0.25, -0.2) is 9.78 Å². The van der Waals surface area contributed by atoms with Crippen LogP contribution in [0, 0.1) is 0 Å². The van der Waals surface area contributed by atoms with Gasteiger partial charge in [0.2, 0.25) is 0 Å². The monoisotopic (exact) mass is 403 g/mol. The molecule has 1 aromatic heterocycles. The predicted molar refractivity (Wildman–Crippen MR) is 83.5 cm³/mol. The van der Waals surface area contributed by atoms with Crippen molar-refractivity contribution in [3.8, 4) is 0 Å². The fourth-order valence-electron chi connectivity index (χ4n) is 2.78. The quantitative estimate of drug-likeness (QED) is 0.573. The number of carboxylic acid groups (broad SMARTS) is 1. The number of rotatable bonds is 3. The molecule has 0 aromatic carbocycles. The number of aliphatic carboxylic acids is 1. The van der Waals surface area contributed by atoms with Crippen molar-refractivity contribution >= 4 is 51.3 Å². The minimum atomic E-state index is -1.24. The van der Waals surface area contributed by atoms with Gasteiger partial charge in [0.05, 0.1) is 5.69 Å². The summed E-state index contributed by atoms with van der Waals surface area (Å²) in [6, 6.07) is 0. The molecule has 0 bridgehead atoms. The molecular weight excluding hydrogens is 394 g/mol. The summed E-state index contributed by atoms with van der Waals surface area (Å²) in [4.78, 5) is 29.1. The standard InChI is InChI=1S/C12H10BrN3O4S2/c13-12(7(17)5-3-15-1-2-21-11(15)14-5)9(20)16-6(8(18)19)4-22-10(12)16/h3-4,7,10,17H,1-2H2,(H,18,19)/t7-,10+,12-/m0/s1. The van der Waals surface area contributed by atoms with Gasteiger partial charge in [0, 0.05) is 23.9 Å². The summed E-state index contributed by atoms with van der Waals surface area (Å²) in [5.41, 5.74) is 0.376. The molecule has 1 amide bonds. The predicted octanol–water partition coefficient (Wildman–Crippen LogP) is 0.997. The molecule has 0 spiro atoms. The van der Waals surface area contributed by atoms with Crippen LogP contribution in [0.4, 0.5) is 0 Å². The fraction of sp³-hybridized carbons (Fsp3) is 0.417. The zero-order chi connectivity index (χ0) is 15.6. The van der Waals surface area contributed by atoms with Gasteiger partial charge in [-0.2, -0.15) is 0 Å². The summed E-state index contributed by atoms with van der Waals surface area (Å²) in [6.07, 6.45) is 0.624. The van der Waals surface area contributed by atoms with Crippen LogP contribution in [0.3, 0.4) is 0 Å². The van der Waals surface area contributed by atoms with Crippen LogP contribution in [0.15, 0.2) is 22.5 Å². The van der Waals surface area contributed by atoms with E-state index in [0.717, 1.165) is 17.5 Å². The number of nitrogens with zero attached hydrogens (tertiary/aromatic N) is 3. The van der Waals surface area contributed by atoms with Crippen LogP contribution in [-0.4, -0.2) is 52.0 Å². The zero-order valence-electron chi connectivity index (χ0n) is 11.0. The second-order valence-corrected chi connectivity index (χ2v) is 8.46. The third kappa shape index (κ3) is 1.72. The lowest BCUT2D eigenvalue weighted by atomic mass is 9.89. The Morgan fingerprint density at radius 1 is 1.59 bits per heavy atom. The average molecular weight is 404 g/mol. The number of fused-ring (bicyclic) bond motifs is 2. The normalized spacial score (nSPS) is 30.6. The first-order chi connectivity index (χ1) is 10.4. The molecule has 3 aliphatic heterocycles. The van der Waals surface area contributed by atoms with Crippen molar-refractivity contribution in [1.29, 1.82) is 0 Å². The van der Waals surface area contributed by atoms with Crippen molar-refractivity contribution in [3.05, 3.63) is 23.0 Å². The number of imidazole rings is 1. The van der Waals surface area contributed by atoms with Crippen LogP contribution >= 0.6 is 39.5 Å². The third-order valence-corrected chi connectivity index (χ3v) is 7.61. The molecule has 0 unspecified atom stereocenters. The van der Waals surface area contributed by atoms with Crippen LogP contribution in [0.25, 0.3) is 0 Å². The first kappa shape index (κ1) is 14.6. The number of carbonyl (C=O) groups excluding carboxylic acids is 1. The smallest absolute Gasteiger partial charge is 0.353 e. The van der Waals surface area contributed by atoms with Gasteiger partial charge in [0.1, 0.15) is 17.2 Å². The minimum Gasteiger partial charge on any atom is -0.477 e. The highest BCUT2D eigenvalue weighted by molar-refractivity contribution is 9.10. The number of amides is 1. The van der Waals surface area contributed by atoms with Crippen LogP contribution < -0.4 is 0 Å². The maximum atomic E-state index is 12.4. The molecule has 10 heteroatoms. The van der Waals surface area contributed by atoms with E-state index in [1.165, 1.54) is 22.1 Å². The highest BCUT2D eigenvalue weighted by Gasteiger charge is 2.67. The van der Waals surface area contributed by atoms with Crippen molar-refractivity contribution in [3.63, 3.8) is 0 Å². The molecule has 0 radical (unpaired) electrons. The number of aliphatic hydroxyl groups excluding tert-OH is 1. The molecule has 0 saturated carbocycles. The van der Waals surface area contributed by atoms with Gasteiger partial charge in [-0.15, -0.1) is 11.8 Å². The summed E-state index contributed by atoms with van der Waals surface area (Å²) >= 11 is 6.16. The number of carbonyl (C=O) groups is 2. The Morgan fingerprint density at radius 2 is 2.36 bits per heavy atom. The van der Waals surface area contributed by atoms with E-state index in [2.05, 4.69) is 20.9 Å². The third-order valence-electron chi connectivity index (χ3n) is 3.93. The lowest BCUT2D eigenvalue weighted by Gasteiger charge is -2.50. The van der Waals surface area contributed by atoms with E-state index in [0.29, 0.717) is 5.69 Å². The average Bonchev–Trinajstić information content (AvgIpc) is 3.16. The van der Waals surface area contributed by atoms with E-state index in [9.17, 15) is 14.7 Å². The summed E-state index contributed by atoms with van der Waals surface area (Å²) in [5.74, 6) is -0.649. The summed E-state index contributed by atoms with van der Waals surface area (Å²) in [6.45, 7) is 0.831. The number of halogens is 1. The number of hydrogen-bond donors (Lipinski definition) is 2. The highest BCUT2D eigenvalue weighted by atomic mass is 79.9. The molecule has 22 heavy (non-hydrogen) atoms. The molecule has 0 aliphatic carbocycles. The van der Waals surface area contributed by atoms with Gasteiger partial charge in [0.25, 0.3) is 5.91 Å². The lowest BCUT2D eigenvalue weighted by Crippen LogP contribution is -2.69. The Kier molecular flexibility index (Phi) is 3.16. The molecule has 1 fully saturated rings. The summed E-state index contributed by atoms with van der Waals surface area (Å²) < 4.78 is 0.703. The SMILES string of the molecule is O=C(O)C1=CS[C@H]2N1C(=O)[C@@]2(Br)[C@@H](O)c1cn2c(n1)SCC2. The van der Waals surface area contributed by atoms with Crippen LogP contribution in [0.5, 0.6) is 0 Å². The van der Waals surface area contributed by atoms with Crippen molar-refractivity contribution in [2.75, 3.05) is 5.75 Å². The second kappa shape index (κ2) is 4.76. The molecule has 3 aliphatic rings. The van der Waals surface area contributed by atoms with Gasteiger partial charge in [0.15, 0.2) is 9.48 Å². The Bertz CT molecular complexity index is 714. The Morgan fingerprint density at radius 3 is 3.05 bits per heavy atom. The molecule has 1 aromatic rings. The van der Waals surface area contributed by atoms with E-state index in [1.54, 1.807) is 18.0 Å². The number of alkyl halides is 1. The zero-order valence-corrected chi connectivity index (χ0v) is 14.2. The number of carboxylic acids is 1. The van der Waals surface area contributed by atoms with E-state index in [4.69, 9.17) is 5.11 Å². The van der Waals surface area contributed by atoms with Gasteiger partial charge < -0.3 is 14.8 Å². The van der Waals surface area contributed by atoms with Crippen molar-refractivity contribution in [2.45, 2.75) is 27.5 Å². The van der Waals surface area contributed by atoms with Gasteiger partial charge >= 0.3 is 5.97 Å². The fourth-order valence-corrected chi connectivity index (χ4v) is 5.92. The van der Waals surface area contributed by atoms with Crippen LogP contribution in [0.1, 0.15) is 11.8 Å². The highest BCUT2D eigenvalue weighted by Crippen LogP contribution is 2.56. The number of thioether (sulfide) groups is 2. The van der Waals surface area contributed by atoms with E-state index in [1.807, 2.05) is 4.57 Å². The van der Waals surface area contributed by atoms with Crippen molar-refractivity contribution in [1.82, 2.24) is 14.5 Å². The van der Waals surface area contributed by atoms with Crippen LogP contribution in [0.2, 0.25) is 0 Å². The first-order valence-corrected chi connectivity index (χ1v) is 9.16. The summed E-state index contributed by atoms with van der Waals surface area (Å²) in [7, 11) is 0. The maximum Gasteiger partial charge on any atom is 0.353 e. The Balaban J connectivity index is 1.63. The van der Waals surface area contributed by atoms with Gasteiger partial charge in [-0.3, -0.25) is 9.69 Å². The topological polar surface area (TPSA) is 95.7 Å².